The Balaban J connectivity index is 2.06. The molecule has 1 fully saturated rings. The van der Waals surface area contributed by atoms with E-state index in [1.807, 2.05) is 12.1 Å². The van der Waals surface area contributed by atoms with Crippen LogP contribution in [0.25, 0.3) is 0 Å². The fourth-order valence-corrected chi connectivity index (χ4v) is 3.24. The van der Waals surface area contributed by atoms with E-state index in [0.717, 1.165) is 32.2 Å². The van der Waals surface area contributed by atoms with Crippen LogP contribution in [-0.2, 0) is 11.2 Å². The topological polar surface area (TPSA) is 21.3 Å². The smallest absolute Gasteiger partial charge is 0.145 e. The van der Waals surface area contributed by atoms with E-state index in [1.165, 1.54) is 6.42 Å². The molecular weight excluding hydrogens is 289 g/mol. The summed E-state index contributed by atoms with van der Waals surface area (Å²) in [5, 5.41) is 3.73. The van der Waals surface area contributed by atoms with Crippen LogP contribution >= 0.6 is 11.6 Å². The second-order valence-electron chi connectivity index (χ2n) is 6.01. The van der Waals surface area contributed by atoms with E-state index in [-0.39, 0.29) is 22.5 Å². The van der Waals surface area contributed by atoms with Crippen molar-refractivity contribution in [3.8, 4) is 0 Å². The van der Waals surface area contributed by atoms with Gasteiger partial charge in [-0.15, -0.1) is 0 Å². The molecule has 2 rings (SSSR count). The molecule has 4 heteroatoms. The summed E-state index contributed by atoms with van der Waals surface area (Å²) in [6, 6.07) is 5.45. The molecule has 0 amide bonds. The highest BCUT2D eigenvalue weighted by atomic mass is 35.5. The van der Waals surface area contributed by atoms with Crippen LogP contribution in [0.5, 0.6) is 0 Å². The van der Waals surface area contributed by atoms with Crippen molar-refractivity contribution in [2.75, 3.05) is 13.7 Å². The van der Waals surface area contributed by atoms with Crippen LogP contribution in [0.3, 0.4) is 0 Å². The molecule has 0 bridgehead atoms. The zero-order valence-corrected chi connectivity index (χ0v) is 13.7. The fraction of sp³-hybridized carbons (Fsp3) is 0.647. The predicted octanol–water partition coefficient (Wildman–Crippen LogP) is 4.35. The number of methoxy groups -OCH3 is 1. The largest absolute Gasteiger partial charge is 0.378 e. The maximum absolute atomic E-state index is 14.1. The molecule has 0 saturated heterocycles. The summed E-state index contributed by atoms with van der Waals surface area (Å²) in [6.45, 7) is 3.08. The van der Waals surface area contributed by atoms with Crippen LogP contribution in [0.2, 0.25) is 5.02 Å². The van der Waals surface area contributed by atoms with Crippen molar-refractivity contribution in [1.29, 1.82) is 0 Å². The average molecular weight is 314 g/mol. The molecule has 118 valence electrons. The van der Waals surface area contributed by atoms with Gasteiger partial charge in [-0.2, -0.15) is 0 Å². The molecule has 0 aliphatic heterocycles. The van der Waals surface area contributed by atoms with Crippen molar-refractivity contribution in [3.05, 3.63) is 34.6 Å². The number of benzene rings is 1. The van der Waals surface area contributed by atoms with Gasteiger partial charge in [-0.1, -0.05) is 30.7 Å². The second kappa shape index (κ2) is 7.57. The third kappa shape index (κ3) is 4.18. The normalized spacial score (nSPS) is 18.3. The quantitative estimate of drug-likeness (QED) is 0.770. The lowest BCUT2D eigenvalue weighted by Crippen LogP contribution is -2.46. The third-order valence-electron chi connectivity index (χ3n) is 4.50. The number of rotatable bonds is 8. The highest BCUT2D eigenvalue weighted by Crippen LogP contribution is 2.39. The molecule has 2 nitrogen and oxygen atoms in total. The molecule has 1 saturated carbocycles. The van der Waals surface area contributed by atoms with Gasteiger partial charge in [0.05, 0.1) is 10.6 Å². The van der Waals surface area contributed by atoms with Crippen molar-refractivity contribution < 1.29 is 9.13 Å². The molecule has 1 atom stereocenters. The number of nitrogens with one attached hydrogen (secondary N) is 1. The van der Waals surface area contributed by atoms with Gasteiger partial charge in [0.15, 0.2) is 0 Å². The number of ether oxygens (including phenoxy) is 1. The van der Waals surface area contributed by atoms with E-state index in [4.69, 9.17) is 16.3 Å². The lowest BCUT2D eigenvalue weighted by molar-refractivity contribution is -0.0834. The zero-order valence-electron chi connectivity index (χ0n) is 12.9. The molecule has 21 heavy (non-hydrogen) atoms. The number of hydrogen-bond donors (Lipinski definition) is 1. The van der Waals surface area contributed by atoms with Crippen LogP contribution in [0.1, 0.15) is 44.6 Å². The number of halogens is 2. The minimum atomic E-state index is -0.289. The summed E-state index contributed by atoms with van der Waals surface area (Å²) in [4.78, 5) is 0. The highest BCUT2D eigenvalue weighted by molar-refractivity contribution is 6.30. The van der Waals surface area contributed by atoms with Crippen LogP contribution in [0.4, 0.5) is 4.39 Å². The predicted molar refractivity (Wildman–Crippen MR) is 85.4 cm³/mol. The molecule has 1 unspecified atom stereocenters. The maximum Gasteiger partial charge on any atom is 0.145 e. The van der Waals surface area contributed by atoms with Crippen LogP contribution in [-0.4, -0.2) is 25.3 Å². The minimum Gasteiger partial charge on any atom is -0.378 e. The number of hydrogen-bond acceptors (Lipinski definition) is 2. The molecule has 0 spiro atoms. The fourth-order valence-electron chi connectivity index (χ4n) is 3.05. The van der Waals surface area contributed by atoms with Gasteiger partial charge >= 0.3 is 0 Å². The first kappa shape index (κ1) is 16.7. The van der Waals surface area contributed by atoms with Crippen molar-refractivity contribution in [2.45, 2.75) is 57.1 Å². The van der Waals surface area contributed by atoms with E-state index in [0.29, 0.717) is 12.0 Å². The molecule has 0 aromatic heterocycles. The first-order valence-electron chi connectivity index (χ1n) is 7.81. The summed E-state index contributed by atoms with van der Waals surface area (Å²) in [6.07, 6.45) is 6.07. The van der Waals surface area contributed by atoms with Gasteiger partial charge in [0.2, 0.25) is 0 Å². The van der Waals surface area contributed by atoms with Crippen molar-refractivity contribution >= 4 is 11.6 Å². The van der Waals surface area contributed by atoms with Crippen LogP contribution in [0.15, 0.2) is 18.2 Å². The molecule has 1 aliphatic carbocycles. The van der Waals surface area contributed by atoms with Gasteiger partial charge in [-0.05, 0) is 56.7 Å². The lowest BCUT2D eigenvalue weighted by Gasteiger charge is -2.43. The molecule has 1 N–H and O–H groups in total. The summed E-state index contributed by atoms with van der Waals surface area (Å²) in [7, 11) is 1.79. The summed E-state index contributed by atoms with van der Waals surface area (Å²) in [5.74, 6) is -0.289. The van der Waals surface area contributed by atoms with Crippen molar-refractivity contribution in [3.63, 3.8) is 0 Å². The maximum atomic E-state index is 14.1. The molecule has 1 aromatic carbocycles. The summed E-state index contributed by atoms with van der Waals surface area (Å²) in [5.41, 5.74) is 0.669. The van der Waals surface area contributed by atoms with E-state index < -0.39 is 0 Å². The Hall–Kier alpha value is -0.640. The highest BCUT2D eigenvalue weighted by Gasteiger charge is 2.39. The van der Waals surface area contributed by atoms with Gasteiger partial charge in [0.25, 0.3) is 0 Å². The van der Waals surface area contributed by atoms with Crippen LogP contribution in [0, 0.1) is 5.82 Å². The van der Waals surface area contributed by atoms with E-state index in [9.17, 15) is 4.39 Å². The van der Waals surface area contributed by atoms with Crippen molar-refractivity contribution in [1.82, 2.24) is 5.32 Å². The van der Waals surface area contributed by atoms with E-state index in [1.54, 1.807) is 13.2 Å². The van der Waals surface area contributed by atoms with Gasteiger partial charge in [-0.3, -0.25) is 0 Å². The zero-order chi connectivity index (χ0) is 15.3. The Labute approximate surface area is 132 Å². The summed E-state index contributed by atoms with van der Waals surface area (Å²) < 4.78 is 19.8. The Kier molecular flexibility index (Phi) is 6.03. The molecule has 0 radical (unpaired) electrons. The third-order valence-corrected chi connectivity index (χ3v) is 4.79. The Bertz CT molecular complexity index is 457. The Morgan fingerprint density at radius 1 is 1.43 bits per heavy atom. The first-order chi connectivity index (χ1) is 10.1. The minimum absolute atomic E-state index is 0.0134. The molecule has 0 heterocycles. The van der Waals surface area contributed by atoms with E-state index >= 15 is 0 Å². The standard InChI is InChI=1S/C17H25ClFNO/c1-3-10-20-14(12-17(21-2)8-5-9-17)11-13-6-4-7-15(18)16(13)19/h4,6-7,14,20H,3,5,8-12H2,1-2H3. The van der Waals surface area contributed by atoms with Gasteiger partial charge < -0.3 is 10.1 Å². The SMILES string of the molecule is CCCNC(Cc1cccc(Cl)c1F)CC1(OC)CCC1. The Morgan fingerprint density at radius 2 is 2.19 bits per heavy atom. The first-order valence-corrected chi connectivity index (χ1v) is 8.19. The van der Waals surface area contributed by atoms with Gasteiger partial charge in [-0.25, -0.2) is 4.39 Å². The van der Waals surface area contributed by atoms with E-state index in [2.05, 4.69) is 12.2 Å². The van der Waals surface area contributed by atoms with Gasteiger partial charge in [0, 0.05) is 13.2 Å². The molecule has 1 aliphatic rings. The molecular formula is C17H25ClFNO. The average Bonchev–Trinajstić information content (AvgIpc) is 2.44. The lowest BCUT2D eigenvalue weighted by atomic mass is 9.75. The monoisotopic (exact) mass is 313 g/mol. The molecule has 1 aromatic rings. The second-order valence-corrected chi connectivity index (χ2v) is 6.42. The Morgan fingerprint density at radius 3 is 2.76 bits per heavy atom. The van der Waals surface area contributed by atoms with Crippen molar-refractivity contribution in [2.24, 2.45) is 0 Å². The van der Waals surface area contributed by atoms with Gasteiger partial charge in [0.1, 0.15) is 5.82 Å². The summed E-state index contributed by atoms with van der Waals surface area (Å²) >= 11 is 5.88. The van der Waals surface area contributed by atoms with Crippen LogP contribution < -0.4 is 5.32 Å².